The molecule has 0 amide bonds. The zero-order valence-electron chi connectivity index (χ0n) is 12.4. The van der Waals surface area contributed by atoms with Crippen LogP contribution in [-0.2, 0) is 12.8 Å². The number of ether oxygens (including phenoxy) is 2. The first-order valence-electron chi connectivity index (χ1n) is 7.01. The first-order valence-corrected chi connectivity index (χ1v) is 7.80. The standard InChI is InChI=1S/C17H20BrNO2/c1-3-12-4-6-16(17(10-12)20-2)21-15-7-5-14(18)11-13(15)8-9-19/h4-7,10-11H,3,8-9,19H2,1-2H3. The Morgan fingerprint density at radius 2 is 1.81 bits per heavy atom. The Balaban J connectivity index is 2.33. The van der Waals surface area contributed by atoms with Crippen LogP contribution in [0.2, 0.25) is 0 Å². The molecular weight excluding hydrogens is 330 g/mol. The SMILES string of the molecule is CCc1ccc(Oc2ccc(Br)cc2CCN)c(OC)c1. The monoisotopic (exact) mass is 349 g/mol. The fourth-order valence-electron chi connectivity index (χ4n) is 2.13. The summed E-state index contributed by atoms with van der Waals surface area (Å²) in [5.74, 6) is 2.28. The van der Waals surface area contributed by atoms with Gasteiger partial charge in [0.1, 0.15) is 5.75 Å². The van der Waals surface area contributed by atoms with E-state index in [2.05, 4.69) is 28.9 Å². The summed E-state index contributed by atoms with van der Waals surface area (Å²) in [5, 5.41) is 0. The highest BCUT2D eigenvalue weighted by Crippen LogP contribution is 2.35. The summed E-state index contributed by atoms with van der Waals surface area (Å²) in [7, 11) is 1.66. The van der Waals surface area contributed by atoms with Gasteiger partial charge < -0.3 is 15.2 Å². The Hall–Kier alpha value is -1.52. The Labute approximate surface area is 134 Å². The van der Waals surface area contributed by atoms with E-state index in [1.54, 1.807) is 7.11 Å². The van der Waals surface area contributed by atoms with E-state index in [9.17, 15) is 0 Å². The Morgan fingerprint density at radius 3 is 2.48 bits per heavy atom. The lowest BCUT2D eigenvalue weighted by molar-refractivity contribution is 0.377. The zero-order valence-corrected chi connectivity index (χ0v) is 13.9. The van der Waals surface area contributed by atoms with Crippen molar-refractivity contribution in [3.63, 3.8) is 0 Å². The highest BCUT2D eigenvalue weighted by Gasteiger charge is 2.10. The zero-order chi connectivity index (χ0) is 15.2. The largest absolute Gasteiger partial charge is 0.493 e. The molecule has 0 fully saturated rings. The number of benzene rings is 2. The summed E-state index contributed by atoms with van der Waals surface area (Å²) in [5.41, 5.74) is 7.97. The van der Waals surface area contributed by atoms with E-state index in [1.165, 1.54) is 5.56 Å². The van der Waals surface area contributed by atoms with Crippen molar-refractivity contribution in [2.75, 3.05) is 13.7 Å². The molecule has 0 spiro atoms. The van der Waals surface area contributed by atoms with Crippen molar-refractivity contribution in [2.45, 2.75) is 19.8 Å². The number of halogens is 1. The van der Waals surface area contributed by atoms with Crippen LogP contribution >= 0.6 is 15.9 Å². The van der Waals surface area contributed by atoms with Crippen LogP contribution in [0.1, 0.15) is 18.1 Å². The fourth-order valence-corrected chi connectivity index (χ4v) is 2.54. The van der Waals surface area contributed by atoms with Crippen LogP contribution in [-0.4, -0.2) is 13.7 Å². The van der Waals surface area contributed by atoms with Gasteiger partial charge in [0.05, 0.1) is 7.11 Å². The van der Waals surface area contributed by atoms with Gasteiger partial charge in [-0.15, -0.1) is 0 Å². The third kappa shape index (κ3) is 3.99. The summed E-state index contributed by atoms with van der Waals surface area (Å²) in [4.78, 5) is 0. The van der Waals surface area contributed by atoms with Crippen LogP contribution in [0.4, 0.5) is 0 Å². The minimum Gasteiger partial charge on any atom is -0.493 e. The van der Waals surface area contributed by atoms with Gasteiger partial charge in [0.2, 0.25) is 0 Å². The lowest BCUT2D eigenvalue weighted by Crippen LogP contribution is -2.04. The molecule has 2 aromatic carbocycles. The number of hydrogen-bond acceptors (Lipinski definition) is 3. The molecule has 0 radical (unpaired) electrons. The highest BCUT2D eigenvalue weighted by atomic mass is 79.9. The number of hydrogen-bond donors (Lipinski definition) is 1. The van der Waals surface area contributed by atoms with E-state index in [4.69, 9.17) is 15.2 Å². The third-order valence-electron chi connectivity index (χ3n) is 3.29. The first-order chi connectivity index (χ1) is 10.2. The van der Waals surface area contributed by atoms with E-state index >= 15 is 0 Å². The van der Waals surface area contributed by atoms with Crippen molar-refractivity contribution in [1.29, 1.82) is 0 Å². The number of methoxy groups -OCH3 is 1. The molecule has 0 atom stereocenters. The number of aryl methyl sites for hydroxylation is 1. The van der Waals surface area contributed by atoms with Crippen LogP contribution in [0.15, 0.2) is 40.9 Å². The topological polar surface area (TPSA) is 44.5 Å². The fraction of sp³-hybridized carbons (Fsp3) is 0.294. The summed E-state index contributed by atoms with van der Waals surface area (Å²) in [6.07, 6.45) is 1.73. The second-order valence-corrected chi connectivity index (χ2v) is 5.65. The van der Waals surface area contributed by atoms with Gasteiger partial charge >= 0.3 is 0 Å². The van der Waals surface area contributed by atoms with Crippen LogP contribution in [0.5, 0.6) is 17.2 Å². The minimum absolute atomic E-state index is 0.582. The average Bonchev–Trinajstić information content (AvgIpc) is 2.50. The van der Waals surface area contributed by atoms with Gasteiger partial charge in [0, 0.05) is 4.47 Å². The van der Waals surface area contributed by atoms with Crippen molar-refractivity contribution >= 4 is 15.9 Å². The van der Waals surface area contributed by atoms with E-state index in [-0.39, 0.29) is 0 Å². The minimum atomic E-state index is 0.582. The predicted octanol–water partition coefficient (Wildman–Crippen LogP) is 4.31. The molecule has 0 unspecified atom stereocenters. The molecule has 21 heavy (non-hydrogen) atoms. The van der Waals surface area contributed by atoms with Crippen molar-refractivity contribution in [3.05, 3.63) is 52.0 Å². The van der Waals surface area contributed by atoms with Crippen molar-refractivity contribution in [3.8, 4) is 17.2 Å². The second-order valence-electron chi connectivity index (χ2n) is 4.73. The molecule has 112 valence electrons. The van der Waals surface area contributed by atoms with E-state index in [1.807, 2.05) is 30.3 Å². The Kier molecular flexibility index (Phi) is 5.65. The average molecular weight is 350 g/mol. The number of nitrogens with two attached hydrogens (primary N) is 1. The van der Waals surface area contributed by atoms with Crippen molar-refractivity contribution in [1.82, 2.24) is 0 Å². The van der Waals surface area contributed by atoms with Crippen LogP contribution in [0.25, 0.3) is 0 Å². The first kappa shape index (κ1) is 15.9. The maximum absolute atomic E-state index is 6.04. The molecule has 3 nitrogen and oxygen atoms in total. The molecule has 0 aliphatic rings. The molecule has 2 aromatic rings. The molecule has 0 saturated heterocycles. The summed E-state index contributed by atoms with van der Waals surface area (Å²) in [6.45, 7) is 2.70. The van der Waals surface area contributed by atoms with Crippen LogP contribution in [0, 0.1) is 0 Å². The van der Waals surface area contributed by atoms with Gasteiger partial charge in [0.15, 0.2) is 11.5 Å². The summed E-state index contributed by atoms with van der Waals surface area (Å²) >= 11 is 3.48. The van der Waals surface area contributed by atoms with Gasteiger partial charge in [-0.1, -0.05) is 28.9 Å². The Morgan fingerprint density at radius 1 is 1.05 bits per heavy atom. The maximum atomic E-state index is 6.04. The molecule has 2 N–H and O–H groups in total. The lowest BCUT2D eigenvalue weighted by Gasteiger charge is -2.14. The molecule has 0 aromatic heterocycles. The van der Waals surface area contributed by atoms with Gasteiger partial charge in [-0.2, -0.15) is 0 Å². The lowest BCUT2D eigenvalue weighted by atomic mass is 10.1. The van der Waals surface area contributed by atoms with Crippen molar-refractivity contribution < 1.29 is 9.47 Å². The quantitative estimate of drug-likeness (QED) is 0.844. The smallest absolute Gasteiger partial charge is 0.169 e. The normalized spacial score (nSPS) is 10.5. The van der Waals surface area contributed by atoms with Crippen LogP contribution < -0.4 is 15.2 Å². The van der Waals surface area contributed by atoms with Gasteiger partial charge in [-0.3, -0.25) is 0 Å². The Bertz CT molecular complexity index is 614. The molecule has 0 aliphatic heterocycles. The third-order valence-corrected chi connectivity index (χ3v) is 3.79. The van der Waals surface area contributed by atoms with E-state index in [0.29, 0.717) is 6.54 Å². The van der Waals surface area contributed by atoms with Gasteiger partial charge in [0.25, 0.3) is 0 Å². The van der Waals surface area contributed by atoms with Crippen molar-refractivity contribution in [2.24, 2.45) is 5.73 Å². The van der Waals surface area contributed by atoms with Gasteiger partial charge in [-0.05, 0) is 60.8 Å². The molecule has 0 bridgehead atoms. The number of rotatable bonds is 6. The van der Waals surface area contributed by atoms with E-state index < -0.39 is 0 Å². The predicted molar refractivity (Wildman–Crippen MR) is 89.3 cm³/mol. The van der Waals surface area contributed by atoms with E-state index in [0.717, 1.165) is 40.1 Å². The molecule has 2 rings (SSSR count). The molecule has 4 heteroatoms. The molecular formula is C17H20BrNO2. The second kappa shape index (κ2) is 7.48. The maximum Gasteiger partial charge on any atom is 0.169 e. The molecule has 0 heterocycles. The summed E-state index contributed by atoms with van der Waals surface area (Å²) in [6, 6.07) is 12.0. The highest BCUT2D eigenvalue weighted by molar-refractivity contribution is 9.10. The van der Waals surface area contributed by atoms with Crippen LogP contribution in [0.3, 0.4) is 0 Å². The summed E-state index contributed by atoms with van der Waals surface area (Å²) < 4.78 is 12.5. The molecule has 0 saturated carbocycles. The van der Waals surface area contributed by atoms with Gasteiger partial charge in [-0.25, -0.2) is 0 Å². The molecule has 0 aliphatic carbocycles.